The minimum atomic E-state index is -3.86. The molecule has 7 heteroatoms. The number of benzene rings is 1. The SMILES string of the molecule is CCCCCCNC(=O)NS(=O)(=O)C(C)=Cc1cccc(Cl)c1. The van der Waals surface area contributed by atoms with E-state index in [1.54, 1.807) is 24.3 Å². The van der Waals surface area contributed by atoms with Crippen molar-refractivity contribution in [3.63, 3.8) is 0 Å². The van der Waals surface area contributed by atoms with E-state index >= 15 is 0 Å². The van der Waals surface area contributed by atoms with Crippen LogP contribution in [-0.2, 0) is 10.0 Å². The van der Waals surface area contributed by atoms with Crippen LogP contribution in [-0.4, -0.2) is 21.0 Å². The first-order chi connectivity index (χ1) is 10.8. The largest absolute Gasteiger partial charge is 0.337 e. The summed E-state index contributed by atoms with van der Waals surface area (Å²) in [4.78, 5) is 11.7. The van der Waals surface area contributed by atoms with Crippen LogP contribution in [0.25, 0.3) is 6.08 Å². The third-order valence-corrected chi connectivity index (χ3v) is 4.84. The summed E-state index contributed by atoms with van der Waals surface area (Å²) in [5.74, 6) is 0. The predicted molar refractivity (Wildman–Crippen MR) is 94.7 cm³/mol. The second kappa shape index (κ2) is 9.57. The lowest BCUT2D eigenvalue weighted by atomic mass is 10.2. The maximum atomic E-state index is 12.1. The lowest BCUT2D eigenvalue weighted by Crippen LogP contribution is -2.39. The molecule has 0 aliphatic rings. The van der Waals surface area contributed by atoms with E-state index < -0.39 is 16.1 Å². The molecule has 1 aromatic rings. The molecule has 2 N–H and O–H groups in total. The van der Waals surface area contributed by atoms with Gasteiger partial charge in [0.25, 0.3) is 10.0 Å². The summed E-state index contributed by atoms with van der Waals surface area (Å²) in [6.45, 7) is 3.98. The average molecular weight is 359 g/mol. The number of urea groups is 1. The van der Waals surface area contributed by atoms with E-state index in [-0.39, 0.29) is 4.91 Å². The number of rotatable bonds is 8. The fourth-order valence-corrected chi connectivity index (χ4v) is 2.87. The Bertz CT molecular complexity index is 657. The molecule has 0 radical (unpaired) electrons. The normalized spacial score (nSPS) is 12.0. The summed E-state index contributed by atoms with van der Waals surface area (Å²) in [6, 6.07) is 6.10. The first-order valence-corrected chi connectivity index (χ1v) is 9.46. The number of hydrogen-bond donors (Lipinski definition) is 2. The first-order valence-electron chi connectivity index (χ1n) is 7.59. The molecule has 0 aromatic heterocycles. The Morgan fingerprint density at radius 1 is 1.26 bits per heavy atom. The second-order valence-corrected chi connectivity index (χ2v) is 7.52. The van der Waals surface area contributed by atoms with Gasteiger partial charge in [0.2, 0.25) is 0 Å². The Morgan fingerprint density at radius 3 is 2.65 bits per heavy atom. The van der Waals surface area contributed by atoms with Gasteiger partial charge in [-0.1, -0.05) is 49.9 Å². The summed E-state index contributed by atoms with van der Waals surface area (Å²) in [7, 11) is -3.86. The molecule has 0 saturated heterocycles. The fraction of sp³-hybridized carbons (Fsp3) is 0.438. The molecule has 0 aliphatic carbocycles. The van der Waals surface area contributed by atoms with Crippen LogP contribution in [0.1, 0.15) is 45.1 Å². The van der Waals surface area contributed by atoms with Crippen molar-refractivity contribution in [3.8, 4) is 0 Å². The van der Waals surface area contributed by atoms with Crippen LogP contribution >= 0.6 is 11.6 Å². The summed E-state index contributed by atoms with van der Waals surface area (Å²) < 4.78 is 26.2. The summed E-state index contributed by atoms with van der Waals surface area (Å²) in [5, 5.41) is 3.06. The van der Waals surface area contributed by atoms with Crippen molar-refractivity contribution >= 4 is 33.7 Å². The van der Waals surface area contributed by atoms with Gasteiger partial charge in [0, 0.05) is 11.6 Å². The lowest BCUT2D eigenvalue weighted by molar-refractivity contribution is 0.245. The van der Waals surface area contributed by atoms with E-state index in [2.05, 4.69) is 12.2 Å². The van der Waals surface area contributed by atoms with Gasteiger partial charge in [0.1, 0.15) is 0 Å². The number of nitrogens with one attached hydrogen (secondary N) is 2. The Labute approximate surface area is 143 Å². The van der Waals surface area contributed by atoms with Crippen molar-refractivity contribution in [1.82, 2.24) is 10.0 Å². The molecule has 0 unspecified atom stereocenters. The second-order valence-electron chi connectivity index (χ2n) is 5.23. The zero-order valence-corrected chi connectivity index (χ0v) is 15.0. The topological polar surface area (TPSA) is 75.3 Å². The minimum Gasteiger partial charge on any atom is -0.337 e. The Hall–Kier alpha value is -1.53. The van der Waals surface area contributed by atoms with Crippen molar-refractivity contribution in [3.05, 3.63) is 39.8 Å². The quantitative estimate of drug-likeness (QED) is 0.692. The van der Waals surface area contributed by atoms with E-state index in [1.165, 1.54) is 13.0 Å². The number of allylic oxidation sites excluding steroid dienone is 1. The van der Waals surface area contributed by atoms with Crippen molar-refractivity contribution in [1.29, 1.82) is 0 Å². The van der Waals surface area contributed by atoms with Crippen LogP contribution in [0.5, 0.6) is 0 Å². The molecular weight excluding hydrogens is 336 g/mol. The number of sulfonamides is 1. The highest BCUT2D eigenvalue weighted by Gasteiger charge is 2.16. The van der Waals surface area contributed by atoms with Gasteiger partial charge in [-0.3, -0.25) is 0 Å². The molecule has 23 heavy (non-hydrogen) atoms. The molecular formula is C16H23ClN2O3S. The summed E-state index contributed by atoms with van der Waals surface area (Å²) in [5.41, 5.74) is 0.653. The van der Waals surface area contributed by atoms with Gasteiger partial charge >= 0.3 is 6.03 Å². The number of carbonyl (C=O) groups excluding carboxylic acids is 1. The molecule has 0 aliphatic heterocycles. The smallest absolute Gasteiger partial charge is 0.328 e. The molecule has 2 amide bonds. The molecule has 0 spiro atoms. The molecule has 128 valence electrons. The number of amides is 2. The van der Waals surface area contributed by atoms with Crippen LogP contribution in [0, 0.1) is 0 Å². The van der Waals surface area contributed by atoms with Crippen LogP contribution in [0.15, 0.2) is 29.2 Å². The number of hydrogen-bond acceptors (Lipinski definition) is 3. The molecule has 0 saturated carbocycles. The van der Waals surface area contributed by atoms with Crippen molar-refractivity contribution < 1.29 is 13.2 Å². The highest BCUT2D eigenvalue weighted by Crippen LogP contribution is 2.15. The van der Waals surface area contributed by atoms with E-state index in [4.69, 9.17) is 11.6 Å². The lowest BCUT2D eigenvalue weighted by Gasteiger charge is -2.09. The summed E-state index contributed by atoms with van der Waals surface area (Å²) >= 11 is 5.86. The van der Waals surface area contributed by atoms with Crippen molar-refractivity contribution in [2.45, 2.75) is 39.5 Å². The zero-order chi connectivity index (χ0) is 17.3. The third kappa shape index (κ3) is 7.52. The van der Waals surface area contributed by atoms with Gasteiger partial charge < -0.3 is 5.32 Å². The van der Waals surface area contributed by atoms with E-state index in [9.17, 15) is 13.2 Å². The van der Waals surface area contributed by atoms with Crippen LogP contribution in [0.4, 0.5) is 4.79 Å². The van der Waals surface area contributed by atoms with E-state index in [0.29, 0.717) is 17.1 Å². The van der Waals surface area contributed by atoms with Crippen molar-refractivity contribution in [2.24, 2.45) is 0 Å². The molecule has 1 aromatic carbocycles. The monoisotopic (exact) mass is 358 g/mol. The van der Waals surface area contributed by atoms with Gasteiger partial charge in [-0.25, -0.2) is 17.9 Å². The number of halogens is 1. The standard InChI is InChI=1S/C16H23ClN2O3S/c1-3-4-5-6-10-18-16(20)19-23(21,22)13(2)11-14-8-7-9-15(17)12-14/h7-9,11-12H,3-6,10H2,1-2H3,(H2,18,19,20). The third-order valence-electron chi connectivity index (χ3n) is 3.19. The molecule has 0 fully saturated rings. The van der Waals surface area contributed by atoms with Crippen LogP contribution in [0.3, 0.4) is 0 Å². The Balaban J connectivity index is 2.58. The minimum absolute atomic E-state index is 0.0425. The average Bonchev–Trinajstić information content (AvgIpc) is 2.46. The predicted octanol–water partition coefficient (Wildman–Crippen LogP) is 3.91. The van der Waals surface area contributed by atoms with Gasteiger partial charge in [-0.2, -0.15) is 0 Å². The van der Waals surface area contributed by atoms with Crippen LogP contribution < -0.4 is 10.0 Å². The van der Waals surface area contributed by atoms with E-state index in [1.807, 2.05) is 4.72 Å². The van der Waals surface area contributed by atoms with Crippen LogP contribution in [0.2, 0.25) is 5.02 Å². The van der Waals surface area contributed by atoms with Gasteiger partial charge in [0.15, 0.2) is 0 Å². The zero-order valence-electron chi connectivity index (χ0n) is 13.4. The van der Waals surface area contributed by atoms with Crippen molar-refractivity contribution in [2.75, 3.05) is 6.54 Å². The highest BCUT2D eigenvalue weighted by atomic mass is 35.5. The molecule has 1 rings (SSSR count). The number of carbonyl (C=O) groups is 1. The van der Waals surface area contributed by atoms with Gasteiger partial charge in [0.05, 0.1) is 4.91 Å². The molecule has 0 atom stereocenters. The van der Waals surface area contributed by atoms with Gasteiger partial charge in [-0.05, 0) is 37.1 Å². The molecule has 0 heterocycles. The highest BCUT2D eigenvalue weighted by molar-refractivity contribution is 7.94. The first kappa shape index (κ1) is 19.5. The number of unbranched alkanes of at least 4 members (excludes halogenated alkanes) is 3. The molecule has 0 bridgehead atoms. The maximum absolute atomic E-state index is 12.1. The van der Waals surface area contributed by atoms with E-state index in [0.717, 1.165) is 25.7 Å². The van der Waals surface area contributed by atoms with Gasteiger partial charge in [-0.15, -0.1) is 0 Å². The Morgan fingerprint density at radius 2 is 2.00 bits per heavy atom. The summed E-state index contributed by atoms with van der Waals surface area (Å²) in [6.07, 6.45) is 5.51. The maximum Gasteiger partial charge on any atom is 0.328 e. The molecule has 5 nitrogen and oxygen atoms in total. The Kier molecular flexibility index (Phi) is 8.12. The fourth-order valence-electron chi connectivity index (χ4n) is 1.90.